The number of ether oxygens (including phenoxy) is 1. The molecule has 1 heterocycles. The number of benzene rings is 3. The Morgan fingerprint density at radius 3 is 2.07 bits per heavy atom. The van der Waals surface area contributed by atoms with E-state index < -0.39 is 0 Å². The summed E-state index contributed by atoms with van der Waals surface area (Å²) in [5, 5.41) is 12.4. The second-order valence-corrected chi connectivity index (χ2v) is 6.86. The predicted molar refractivity (Wildman–Crippen MR) is 114 cm³/mol. The van der Waals surface area contributed by atoms with Crippen LogP contribution < -0.4 is 15.0 Å². The number of hydrogen-bond donors (Lipinski definition) is 2. The van der Waals surface area contributed by atoms with E-state index in [0.29, 0.717) is 13.1 Å². The van der Waals surface area contributed by atoms with Crippen molar-refractivity contribution in [2.24, 2.45) is 0 Å². The fourth-order valence-corrected chi connectivity index (χ4v) is 3.26. The van der Waals surface area contributed by atoms with Crippen LogP contribution in [0.15, 0.2) is 78.9 Å². The van der Waals surface area contributed by atoms with Crippen LogP contribution in [0.1, 0.15) is 0 Å². The first-order chi connectivity index (χ1) is 14.2. The molecule has 0 spiro atoms. The van der Waals surface area contributed by atoms with E-state index in [9.17, 15) is 9.90 Å². The van der Waals surface area contributed by atoms with Crippen molar-refractivity contribution in [3.05, 3.63) is 78.9 Å². The quantitative estimate of drug-likeness (QED) is 0.688. The third kappa shape index (κ3) is 4.79. The first-order valence-electron chi connectivity index (χ1n) is 9.60. The summed E-state index contributed by atoms with van der Waals surface area (Å²) < 4.78 is 5.77. The molecule has 4 rings (SSSR count). The number of nitrogens with zero attached hydrogens (tertiary/aromatic N) is 2. The van der Waals surface area contributed by atoms with Gasteiger partial charge in [0.15, 0.2) is 0 Å². The average molecular weight is 389 g/mol. The lowest BCUT2D eigenvalue weighted by Crippen LogP contribution is -2.50. The zero-order valence-corrected chi connectivity index (χ0v) is 16.0. The predicted octanol–water partition coefficient (Wildman–Crippen LogP) is 4.54. The number of nitrogens with one attached hydrogen (secondary N) is 1. The molecule has 3 aromatic rings. The maximum absolute atomic E-state index is 12.6. The zero-order valence-electron chi connectivity index (χ0n) is 16.0. The van der Waals surface area contributed by atoms with Crippen LogP contribution in [0.2, 0.25) is 0 Å². The van der Waals surface area contributed by atoms with Crippen molar-refractivity contribution in [3.8, 4) is 17.2 Å². The Morgan fingerprint density at radius 1 is 0.793 bits per heavy atom. The van der Waals surface area contributed by atoms with Gasteiger partial charge in [-0.1, -0.05) is 18.2 Å². The zero-order chi connectivity index (χ0) is 20.1. The van der Waals surface area contributed by atoms with E-state index in [1.54, 1.807) is 12.1 Å². The van der Waals surface area contributed by atoms with Crippen molar-refractivity contribution in [2.75, 3.05) is 36.4 Å². The number of amides is 2. The van der Waals surface area contributed by atoms with Gasteiger partial charge in [0, 0.05) is 37.6 Å². The van der Waals surface area contributed by atoms with E-state index in [1.807, 2.05) is 71.6 Å². The van der Waals surface area contributed by atoms with Crippen molar-refractivity contribution in [2.45, 2.75) is 0 Å². The second kappa shape index (κ2) is 8.56. The molecule has 0 aliphatic carbocycles. The van der Waals surface area contributed by atoms with Crippen LogP contribution >= 0.6 is 0 Å². The van der Waals surface area contributed by atoms with E-state index in [2.05, 4.69) is 10.2 Å². The van der Waals surface area contributed by atoms with Crippen LogP contribution in [-0.4, -0.2) is 42.2 Å². The number of phenolic OH excluding ortho intramolecular Hbond substituents is 1. The van der Waals surface area contributed by atoms with Crippen molar-refractivity contribution in [1.82, 2.24) is 4.90 Å². The molecule has 0 unspecified atom stereocenters. The first kappa shape index (κ1) is 18.7. The highest BCUT2D eigenvalue weighted by Crippen LogP contribution is 2.23. The highest BCUT2D eigenvalue weighted by molar-refractivity contribution is 5.89. The van der Waals surface area contributed by atoms with Gasteiger partial charge in [0.05, 0.1) is 0 Å². The second-order valence-electron chi connectivity index (χ2n) is 6.86. The van der Waals surface area contributed by atoms with Crippen molar-refractivity contribution in [3.63, 3.8) is 0 Å². The van der Waals surface area contributed by atoms with E-state index in [0.717, 1.165) is 36.0 Å². The Bertz CT molecular complexity index is 935. The molecule has 0 saturated carbocycles. The normalized spacial score (nSPS) is 13.8. The van der Waals surface area contributed by atoms with E-state index in [4.69, 9.17) is 4.74 Å². The lowest BCUT2D eigenvalue weighted by molar-refractivity contribution is 0.208. The molecular weight excluding hydrogens is 366 g/mol. The fourth-order valence-electron chi connectivity index (χ4n) is 3.26. The average Bonchev–Trinajstić information content (AvgIpc) is 2.76. The summed E-state index contributed by atoms with van der Waals surface area (Å²) in [4.78, 5) is 16.6. The third-order valence-electron chi connectivity index (χ3n) is 4.87. The van der Waals surface area contributed by atoms with Crippen LogP contribution in [0, 0.1) is 0 Å². The van der Waals surface area contributed by atoms with E-state index in [1.165, 1.54) is 0 Å². The van der Waals surface area contributed by atoms with Gasteiger partial charge >= 0.3 is 6.03 Å². The van der Waals surface area contributed by atoms with Crippen LogP contribution in [0.25, 0.3) is 0 Å². The van der Waals surface area contributed by atoms with Gasteiger partial charge in [-0.3, -0.25) is 0 Å². The van der Waals surface area contributed by atoms with Gasteiger partial charge < -0.3 is 25.0 Å². The number of anilines is 2. The topological polar surface area (TPSA) is 65.0 Å². The monoisotopic (exact) mass is 389 g/mol. The Hall–Kier alpha value is -3.67. The van der Waals surface area contributed by atoms with Gasteiger partial charge in [0.1, 0.15) is 17.2 Å². The molecule has 2 amide bonds. The summed E-state index contributed by atoms with van der Waals surface area (Å²) in [6.07, 6.45) is 0. The molecule has 0 aromatic heterocycles. The number of urea groups is 1. The fraction of sp³-hybridized carbons (Fsp3) is 0.174. The minimum absolute atomic E-state index is 0.105. The molecule has 1 aliphatic rings. The molecule has 2 N–H and O–H groups in total. The minimum atomic E-state index is -0.105. The Morgan fingerprint density at radius 2 is 1.41 bits per heavy atom. The number of aromatic hydroxyl groups is 1. The molecular formula is C23H23N3O3. The van der Waals surface area contributed by atoms with Crippen LogP contribution in [0.4, 0.5) is 16.2 Å². The van der Waals surface area contributed by atoms with Gasteiger partial charge in [-0.25, -0.2) is 4.79 Å². The van der Waals surface area contributed by atoms with Crippen LogP contribution in [0.5, 0.6) is 17.2 Å². The molecule has 6 heteroatoms. The van der Waals surface area contributed by atoms with E-state index in [-0.39, 0.29) is 11.8 Å². The number of hydrogen-bond acceptors (Lipinski definition) is 4. The molecule has 6 nitrogen and oxygen atoms in total. The van der Waals surface area contributed by atoms with Gasteiger partial charge in [-0.05, 0) is 60.7 Å². The number of carbonyl (C=O) groups is 1. The SMILES string of the molecule is O=C(Nc1ccc(Oc2ccccc2)cc1)N1CCN(c2ccc(O)cc2)CC1. The molecule has 29 heavy (non-hydrogen) atoms. The lowest BCUT2D eigenvalue weighted by atomic mass is 10.2. The molecule has 1 aliphatic heterocycles. The number of rotatable bonds is 4. The summed E-state index contributed by atoms with van der Waals surface area (Å²) in [7, 11) is 0. The third-order valence-corrected chi connectivity index (χ3v) is 4.87. The number of para-hydroxylation sites is 1. The van der Waals surface area contributed by atoms with Crippen molar-refractivity contribution < 1.29 is 14.6 Å². The highest BCUT2D eigenvalue weighted by Gasteiger charge is 2.21. The van der Waals surface area contributed by atoms with Gasteiger partial charge in [-0.2, -0.15) is 0 Å². The molecule has 0 radical (unpaired) electrons. The summed E-state index contributed by atoms with van der Waals surface area (Å²) in [5.74, 6) is 1.75. The number of carbonyl (C=O) groups excluding carboxylic acids is 1. The van der Waals surface area contributed by atoms with E-state index >= 15 is 0 Å². The summed E-state index contributed by atoms with van der Waals surface area (Å²) >= 11 is 0. The first-order valence-corrected chi connectivity index (χ1v) is 9.60. The van der Waals surface area contributed by atoms with Crippen LogP contribution in [-0.2, 0) is 0 Å². The molecule has 3 aromatic carbocycles. The maximum Gasteiger partial charge on any atom is 0.321 e. The van der Waals surface area contributed by atoms with Crippen molar-refractivity contribution in [1.29, 1.82) is 0 Å². The van der Waals surface area contributed by atoms with Gasteiger partial charge in [0.2, 0.25) is 0 Å². The summed E-state index contributed by atoms with van der Waals surface area (Å²) in [6, 6.07) is 24.0. The molecule has 0 atom stereocenters. The maximum atomic E-state index is 12.6. The van der Waals surface area contributed by atoms with Gasteiger partial charge in [-0.15, -0.1) is 0 Å². The smallest absolute Gasteiger partial charge is 0.321 e. The highest BCUT2D eigenvalue weighted by atomic mass is 16.5. The largest absolute Gasteiger partial charge is 0.508 e. The standard InChI is InChI=1S/C23H23N3O3/c27-20-10-8-19(9-11-20)25-14-16-26(17-15-25)23(28)24-18-6-12-22(13-7-18)29-21-4-2-1-3-5-21/h1-13,27H,14-17H2,(H,24,28). The lowest BCUT2D eigenvalue weighted by Gasteiger charge is -2.36. The Kier molecular flexibility index (Phi) is 5.52. The molecule has 0 bridgehead atoms. The van der Waals surface area contributed by atoms with Crippen LogP contribution in [0.3, 0.4) is 0 Å². The Labute approximate surface area is 170 Å². The Balaban J connectivity index is 1.29. The minimum Gasteiger partial charge on any atom is -0.508 e. The van der Waals surface area contributed by atoms with Gasteiger partial charge in [0.25, 0.3) is 0 Å². The number of phenols is 1. The summed E-state index contributed by atoms with van der Waals surface area (Å²) in [6.45, 7) is 2.79. The summed E-state index contributed by atoms with van der Waals surface area (Å²) in [5.41, 5.74) is 1.79. The molecule has 1 saturated heterocycles. The number of piperazine rings is 1. The molecule has 148 valence electrons. The van der Waals surface area contributed by atoms with Crippen molar-refractivity contribution >= 4 is 17.4 Å². The molecule has 1 fully saturated rings.